The van der Waals surface area contributed by atoms with Crippen molar-refractivity contribution in [3.05, 3.63) is 29.8 Å². The highest BCUT2D eigenvalue weighted by Gasteiger charge is 2.29. The summed E-state index contributed by atoms with van der Waals surface area (Å²) in [6.07, 6.45) is 0.730. The van der Waals surface area contributed by atoms with E-state index in [1.54, 1.807) is 0 Å². The van der Waals surface area contributed by atoms with E-state index in [2.05, 4.69) is 5.32 Å². The minimum Gasteiger partial charge on any atom is -0.494 e. The number of nitrogens with two attached hydrogens (primary N) is 1. The van der Waals surface area contributed by atoms with Crippen LogP contribution in [-0.2, 0) is 11.3 Å². The molecule has 0 aliphatic rings. The monoisotopic (exact) mass is 264 g/mol. The second-order valence-electron chi connectivity index (χ2n) is 4.88. The van der Waals surface area contributed by atoms with Crippen LogP contribution < -0.4 is 15.8 Å². The number of ether oxygens (including phenoxy) is 1. The van der Waals surface area contributed by atoms with Crippen molar-refractivity contribution in [3.8, 4) is 5.75 Å². The third-order valence-corrected chi connectivity index (χ3v) is 3.44. The Balaban J connectivity index is 2.61. The van der Waals surface area contributed by atoms with Crippen LogP contribution in [-0.4, -0.2) is 19.1 Å². The average molecular weight is 264 g/mol. The van der Waals surface area contributed by atoms with Gasteiger partial charge in [0.15, 0.2) is 0 Å². The maximum absolute atomic E-state index is 12.1. The second kappa shape index (κ2) is 7.14. The first-order chi connectivity index (χ1) is 9.05. The van der Waals surface area contributed by atoms with E-state index in [-0.39, 0.29) is 5.91 Å². The molecule has 1 atom stereocenters. The van der Waals surface area contributed by atoms with Gasteiger partial charge in [0, 0.05) is 13.1 Å². The van der Waals surface area contributed by atoms with Gasteiger partial charge in [-0.15, -0.1) is 0 Å². The number of amides is 1. The second-order valence-corrected chi connectivity index (χ2v) is 4.88. The molecule has 1 aromatic rings. The predicted octanol–water partition coefficient (Wildman–Crippen LogP) is 2.08. The summed E-state index contributed by atoms with van der Waals surface area (Å²) in [4.78, 5) is 12.1. The van der Waals surface area contributed by atoms with Crippen molar-refractivity contribution >= 4 is 5.91 Å². The molecule has 0 bridgehead atoms. The molecule has 0 aliphatic heterocycles. The molecule has 106 valence electrons. The van der Waals surface area contributed by atoms with E-state index >= 15 is 0 Å². The summed E-state index contributed by atoms with van der Waals surface area (Å²) in [7, 11) is 0. The summed E-state index contributed by atoms with van der Waals surface area (Å²) in [5, 5.41) is 2.94. The summed E-state index contributed by atoms with van der Waals surface area (Å²) in [6, 6.07) is 7.74. The third kappa shape index (κ3) is 4.24. The number of hydrogen-bond donors (Lipinski definition) is 2. The van der Waals surface area contributed by atoms with Gasteiger partial charge in [-0.05, 0) is 38.0 Å². The van der Waals surface area contributed by atoms with Crippen molar-refractivity contribution in [1.29, 1.82) is 0 Å². The van der Waals surface area contributed by atoms with E-state index in [1.165, 1.54) is 0 Å². The first kappa shape index (κ1) is 15.5. The van der Waals surface area contributed by atoms with Gasteiger partial charge in [-0.3, -0.25) is 4.79 Å². The van der Waals surface area contributed by atoms with Crippen LogP contribution in [0.1, 0.15) is 32.8 Å². The van der Waals surface area contributed by atoms with Crippen LogP contribution in [0.2, 0.25) is 0 Å². The first-order valence-electron chi connectivity index (χ1n) is 6.75. The number of hydrogen-bond acceptors (Lipinski definition) is 3. The number of nitrogens with one attached hydrogen (secondary N) is 1. The highest BCUT2D eigenvalue weighted by molar-refractivity contribution is 5.82. The fraction of sp³-hybridized carbons (Fsp3) is 0.533. The van der Waals surface area contributed by atoms with Gasteiger partial charge >= 0.3 is 0 Å². The topological polar surface area (TPSA) is 64.3 Å². The summed E-state index contributed by atoms with van der Waals surface area (Å²) < 4.78 is 5.43. The van der Waals surface area contributed by atoms with E-state index in [0.29, 0.717) is 19.7 Å². The molecule has 0 saturated carbocycles. The Bertz CT molecular complexity index is 414. The highest BCUT2D eigenvalue weighted by atomic mass is 16.5. The Morgan fingerprint density at radius 3 is 2.74 bits per heavy atom. The van der Waals surface area contributed by atoms with E-state index in [0.717, 1.165) is 17.7 Å². The van der Waals surface area contributed by atoms with Crippen LogP contribution in [0.5, 0.6) is 5.75 Å². The van der Waals surface area contributed by atoms with Crippen molar-refractivity contribution in [3.63, 3.8) is 0 Å². The van der Waals surface area contributed by atoms with Gasteiger partial charge in [0.2, 0.25) is 5.91 Å². The van der Waals surface area contributed by atoms with Gasteiger partial charge in [-0.1, -0.05) is 19.1 Å². The van der Waals surface area contributed by atoms with Crippen LogP contribution in [0.3, 0.4) is 0 Å². The molecule has 0 saturated heterocycles. The largest absolute Gasteiger partial charge is 0.494 e. The van der Waals surface area contributed by atoms with Gasteiger partial charge in [0.1, 0.15) is 5.75 Å². The molecule has 1 aromatic carbocycles. The Labute approximate surface area is 115 Å². The first-order valence-corrected chi connectivity index (χ1v) is 6.75. The Morgan fingerprint density at radius 2 is 2.16 bits per heavy atom. The van der Waals surface area contributed by atoms with Gasteiger partial charge in [0.25, 0.3) is 0 Å². The minimum absolute atomic E-state index is 0.000636. The number of carbonyl (C=O) groups is 1. The van der Waals surface area contributed by atoms with Crippen molar-refractivity contribution in [2.45, 2.75) is 33.7 Å². The molecule has 0 radical (unpaired) electrons. The Hall–Kier alpha value is -1.55. The van der Waals surface area contributed by atoms with Gasteiger partial charge in [-0.25, -0.2) is 0 Å². The van der Waals surface area contributed by atoms with Gasteiger partial charge in [-0.2, -0.15) is 0 Å². The standard InChI is InChI=1S/C15H24N2O2/c1-4-15(3,11-16)14(18)17-10-12-7-6-8-13(9-12)19-5-2/h6-9H,4-5,10-11,16H2,1-3H3,(H,17,18). The normalized spacial score (nSPS) is 13.7. The average Bonchev–Trinajstić information content (AvgIpc) is 2.44. The van der Waals surface area contributed by atoms with Crippen LogP contribution in [0.15, 0.2) is 24.3 Å². The zero-order valence-corrected chi connectivity index (χ0v) is 12.0. The lowest BCUT2D eigenvalue weighted by Gasteiger charge is -2.25. The molecule has 0 aliphatic carbocycles. The molecule has 1 amide bonds. The molecular weight excluding hydrogens is 240 g/mol. The molecule has 0 fully saturated rings. The van der Waals surface area contributed by atoms with Crippen molar-refractivity contribution < 1.29 is 9.53 Å². The Morgan fingerprint density at radius 1 is 1.42 bits per heavy atom. The highest BCUT2D eigenvalue weighted by Crippen LogP contribution is 2.19. The molecular formula is C15H24N2O2. The van der Waals surface area contributed by atoms with Crippen LogP contribution in [0.25, 0.3) is 0 Å². The Kier molecular flexibility index (Phi) is 5.83. The van der Waals surface area contributed by atoms with Gasteiger partial charge in [0.05, 0.1) is 12.0 Å². The fourth-order valence-electron chi connectivity index (χ4n) is 1.71. The quantitative estimate of drug-likeness (QED) is 0.792. The SMILES string of the molecule is CCOc1cccc(CNC(=O)C(C)(CC)CN)c1. The minimum atomic E-state index is -0.489. The number of carbonyl (C=O) groups excluding carboxylic acids is 1. The van der Waals surface area contributed by atoms with E-state index in [4.69, 9.17) is 10.5 Å². The fourth-order valence-corrected chi connectivity index (χ4v) is 1.71. The molecule has 4 nitrogen and oxygen atoms in total. The summed E-state index contributed by atoms with van der Waals surface area (Å²) in [5.74, 6) is 0.825. The number of benzene rings is 1. The smallest absolute Gasteiger partial charge is 0.227 e. The van der Waals surface area contributed by atoms with E-state index < -0.39 is 5.41 Å². The molecule has 19 heavy (non-hydrogen) atoms. The predicted molar refractivity (Wildman–Crippen MR) is 76.9 cm³/mol. The zero-order valence-electron chi connectivity index (χ0n) is 12.0. The van der Waals surface area contributed by atoms with Crippen molar-refractivity contribution in [2.75, 3.05) is 13.2 Å². The van der Waals surface area contributed by atoms with Crippen molar-refractivity contribution in [1.82, 2.24) is 5.32 Å². The maximum atomic E-state index is 12.1. The molecule has 0 heterocycles. The molecule has 1 unspecified atom stereocenters. The lowest BCUT2D eigenvalue weighted by Crippen LogP contribution is -2.43. The maximum Gasteiger partial charge on any atom is 0.227 e. The third-order valence-electron chi connectivity index (χ3n) is 3.44. The van der Waals surface area contributed by atoms with Crippen LogP contribution in [0, 0.1) is 5.41 Å². The summed E-state index contributed by atoms with van der Waals surface area (Å²) in [6.45, 7) is 7.30. The summed E-state index contributed by atoms with van der Waals surface area (Å²) >= 11 is 0. The lowest BCUT2D eigenvalue weighted by molar-refractivity contribution is -0.130. The molecule has 0 aromatic heterocycles. The van der Waals surface area contributed by atoms with Crippen molar-refractivity contribution in [2.24, 2.45) is 11.1 Å². The van der Waals surface area contributed by atoms with Crippen LogP contribution in [0.4, 0.5) is 0 Å². The van der Waals surface area contributed by atoms with E-state index in [9.17, 15) is 4.79 Å². The molecule has 3 N–H and O–H groups in total. The van der Waals surface area contributed by atoms with E-state index in [1.807, 2.05) is 45.0 Å². The molecule has 0 spiro atoms. The van der Waals surface area contributed by atoms with Crippen LogP contribution >= 0.6 is 0 Å². The molecule has 4 heteroatoms. The lowest BCUT2D eigenvalue weighted by atomic mass is 9.86. The summed E-state index contributed by atoms with van der Waals surface area (Å²) in [5.41, 5.74) is 6.20. The zero-order chi connectivity index (χ0) is 14.3. The van der Waals surface area contributed by atoms with Gasteiger partial charge < -0.3 is 15.8 Å². The molecule has 1 rings (SSSR count). The number of rotatable bonds is 7.